The summed E-state index contributed by atoms with van der Waals surface area (Å²) in [4.78, 5) is 51.8. The first-order valence-corrected chi connectivity index (χ1v) is 7.95. The first-order chi connectivity index (χ1) is 11.3. The molecule has 1 aliphatic heterocycles. The smallest absolute Gasteiger partial charge is 0.294 e. The Kier molecular flexibility index (Phi) is 4.08. The van der Waals surface area contributed by atoms with Crippen LogP contribution in [0.1, 0.15) is 5.56 Å². The Balaban J connectivity index is 1.78. The number of carbonyl (C=O) groups excluding carboxylic acids is 4. The summed E-state index contributed by atoms with van der Waals surface area (Å²) in [7, 11) is 0. The van der Waals surface area contributed by atoms with Gasteiger partial charge in [-0.3, -0.25) is 24.5 Å². The van der Waals surface area contributed by atoms with Gasteiger partial charge >= 0.3 is 0 Å². The third-order valence-corrected chi connectivity index (χ3v) is 4.39. The maximum absolute atomic E-state index is 12.1. The number of fused-ring (bicyclic) bond motifs is 1. The van der Waals surface area contributed by atoms with Crippen molar-refractivity contribution in [3.05, 3.63) is 23.8 Å². The lowest BCUT2D eigenvalue weighted by atomic mass is 10.0. The van der Waals surface area contributed by atoms with Crippen LogP contribution in [0.3, 0.4) is 0 Å². The number of thiazole rings is 1. The molecular formula is C14H10N4O4S2. The van der Waals surface area contributed by atoms with Gasteiger partial charge in [-0.25, -0.2) is 4.98 Å². The largest absolute Gasteiger partial charge is 0.302 e. The molecule has 10 heteroatoms. The van der Waals surface area contributed by atoms with Crippen LogP contribution in [0, 0.1) is 12.8 Å². The molecule has 0 bridgehead atoms. The summed E-state index contributed by atoms with van der Waals surface area (Å²) in [5.74, 6) is -5.89. The molecule has 1 aromatic carbocycles. The van der Waals surface area contributed by atoms with Crippen LogP contribution in [-0.4, -0.2) is 33.6 Å². The summed E-state index contributed by atoms with van der Waals surface area (Å²) in [6.45, 7) is 1.92. The van der Waals surface area contributed by atoms with Gasteiger partial charge in [-0.1, -0.05) is 17.4 Å². The lowest BCUT2D eigenvalue weighted by Gasteiger charge is -2.20. The Labute approximate surface area is 144 Å². The number of aromatic nitrogens is 1. The van der Waals surface area contributed by atoms with Crippen molar-refractivity contribution in [3.8, 4) is 0 Å². The van der Waals surface area contributed by atoms with Crippen molar-refractivity contribution in [1.29, 1.82) is 0 Å². The van der Waals surface area contributed by atoms with Gasteiger partial charge < -0.3 is 10.6 Å². The van der Waals surface area contributed by atoms with Crippen LogP contribution in [-0.2, 0) is 19.2 Å². The number of ketones is 1. The second-order valence-electron chi connectivity index (χ2n) is 5.05. The zero-order valence-corrected chi connectivity index (χ0v) is 13.8. The minimum absolute atomic E-state index is 0.198. The van der Waals surface area contributed by atoms with Gasteiger partial charge in [-0.15, -0.1) is 0 Å². The zero-order chi connectivity index (χ0) is 17.4. The number of aryl methyl sites for hydroxylation is 1. The molecule has 1 fully saturated rings. The molecule has 0 atom stereocenters. The van der Waals surface area contributed by atoms with Crippen LogP contribution >= 0.6 is 23.6 Å². The van der Waals surface area contributed by atoms with Gasteiger partial charge in [0.1, 0.15) is 0 Å². The summed E-state index contributed by atoms with van der Waals surface area (Å²) in [6.07, 6.45) is 0. The zero-order valence-electron chi connectivity index (χ0n) is 12.2. The van der Waals surface area contributed by atoms with Gasteiger partial charge in [0.25, 0.3) is 5.91 Å². The number of rotatable bonds is 3. The van der Waals surface area contributed by atoms with E-state index in [1.807, 2.05) is 19.1 Å². The number of nitrogens with zero attached hydrogens (tertiary/aromatic N) is 1. The van der Waals surface area contributed by atoms with E-state index in [1.54, 1.807) is 6.07 Å². The van der Waals surface area contributed by atoms with Crippen LogP contribution in [0.5, 0.6) is 0 Å². The normalized spacial score (nSPS) is 15.1. The van der Waals surface area contributed by atoms with Crippen LogP contribution < -0.4 is 16.0 Å². The highest BCUT2D eigenvalue weighted by Gasteiger charge is 2.41. The fourth-order valence-electron chi connectivity index (χ4n) is 2.13. The molecule has 2 heterocycles. The number of carbonyl (C=O) groups is 4. The number of hydrogen-bond acceptors (Lipinski definition) is 7. The van der Waals surface area contributed by atoms with E-state index in [1.165, 1.54) is 11.3 Å². The average molecular weight is 362 g/mol. The number of benzene rings is 1. The molecule has 0 spiro atoms. The molecule has 1 aliphatic rings. The number of thiocarbonyl (C=S) groups is 1. The fraction of sp³-hybridized carbons (Fsp3) is 0.143. The predicted molar refractivity (Wildman–Crippen MR) is 90.4 cm³/mol. The molecule has 122 valence electrons. The van der Waals surface area contributed by atoms with Crippen molar-refractivity contribution in [2.45, 2.75) is 6.92 Å². The number of Topliss-reactive ketones (excluding diaryl/α,β-unsaturated/α-hetero) is 1. The summed E-state index contributed by atoms with van der Waals surface area (Å²) in [5, 5.41) is 6.61. The highest BCUT2D eigenvalue weighted by molar-refractivity contribution is 7.80. The molecule has 2 aromatic rings. The number of amides is 3. The number of hydrogen-bond donors (Lipinski definition) is 3. The highest BCUT2D eigenvalue weighted by atomic mass is 32.1. The molecule has 1 saturated heterocycles. The van der Waals surface area contributed by atoms with E-state index < -0.39 is 29.4 Å². The number of anilines is 1. The minimum atomic E-state index is -1.77. The predicted octanol–water partition coefficient (Wildman–Crippen LogP) is 0.259. The SMILES string of the molecule is Cc1ccc2nc(NC(=O)C(=O)C3C(=O)NC(=S)NC3=O)sc2c1. The lowest BCUT2D eigenvalue weighted by molar-refractivity contribution is -0.146. The Hall–Kier alpha value is -2.72. The van der Waals surface area contributed by atoms with Crippen molar-refractivity contribution in [1.82, 2.24) is 15.6 Å². The van der Waals surface area contributed by atoms with Gasteiger partial charge in [-0.05, 0) is 36.8 Å². The summed E-state index contributed by atoms with van der Waals surface area (Å²) >= 11 is 5.82. The monoisotopic (exact) mass is 362 g/mol. The van der Waals surface area contributed by atoms with Crippen molar-refractivity contribution < 1.29 is 19.2 Å². The average Bonchev–Trinajstić information content (AvgIpc) is 2.87. The van der Waals surface area contributed by atoms with Crippen molar-refractivity contribution in [3.63, 3.8) is 0 Å². The molecule has 3 N–H and O–H groups in total. The summed E-state index contributed by atoms with van der Waals surface area (Å²) in [5.41, 5.74) is 1.71. The maximum atomic E-state index is 12.1. The molecule has 0 saturated carbocycles. The third kappa shape index (κ3) is 3.01. The first kappa shape index (κ1) is 16.1. The summed E-state index contributed by atoms with van der Waals surface area (Å²) in [6, 6.07) is 5.56. The van der Waals surface area contributed by atoms with E-state index in [0.717, 1.165) is 10.3 Å². The van der Waals surface area contributed by atoms with Crippen molar-refractivity contribution in [2.24, 2.45) is 5.92 Å². The van der Waals surface area contributed by atoms with Crippen LogP contribution in [0.15, 0.2) is 18.2 Å². The lowest BCUT2D eigenvalue weighted by Crippen LogP contribution is -2.59. The van der Waals surface area contributed by atoms with Crippen LogP contribution in [0.25, 0.3) is 10.2 Å². The van der Waals surface area contributed by atoms with Crippen molar-refractivity contribution in [2.75, 3.05) is 5.32 Å². The topological polar surface area (TPSA) is 117 Å². The molecule has 0 unspecified atom stereocenters. The second kappa shape index (κ2) is 6.06. The van der Waals surface area contributed by atoms with E-state index >= 15 is 0 Å². The molecule has 8 nitrogen and oxygen atoms in total. The van der Waals surface area contributed by atoms with E-state index in [-0.39, 0.29) is 10.2 Å². The Morgan fingerprint density at radius 2 is 1.92 bits per heavy atom. The Bertz CT molecular complexity index is 901. The molecule has 24 heavy (non-hydrogen) atoms. The van der Waals surface area contributed by atoms with E-state index in [4.69, 9.17) is 0 Å². The van der Waals surface area contributed by atoms with Crippen molar-refractivity contribution >= 4 is 67.5 Å². The first-order valence-electron chi connectivity index (χ1n) is 6.73. The van der Waals surface area contributed by atoms with Gasteiger partial charge in [0.05, 0.1) is 10.2 Å². The van der Waals surface area contributed by atoms with Gasteiger partial charge in [0.2, 0.25) is 17.6 Å². The Morgan fingerprint density at radius 1 is 1.25 bits per heavy atom. The molecule has 0 radical (unpaired) electrons. The quantitative estimate of drug-likeness (QED) is 0.410. The van der Waals surface area contributed by atoms with Crippen LogP contribution in [0.2, 0.25) is 0 Å². The molecule has 0 aliphatic carbocycles. The van der Waals surface area contributed by atoms with Gasteiger partial charge in [0, 0.05) is 0 Å². The van der Waals surface area contributed by atoms with Gasteiger partial charge in [0.15, 0.2) is 16.2 Å². The standard InChI is InChI=1S/C14H10N4O4S2/c1-5-2-3-6-7(4-5)24-14(15-6)18-12(22)9(19)8-10(20)16-13(23)17-11(8)21/h2-4,8H,1H3,(H,15,18,22)(H2,16,17,20,21,23). The molecule has 1 aromatic heterocycles. The highest BCUT2D eigenvalue weighted by Crippen LogP contribution is 2.26. The second-order valence-corrected chi connectivity index (χ2v) is 6.49. The summed E-state index contributed by atoms with van der Waals surface area (Å²) < 4.78 is 0.844. The van der Waals surface area contributed by atoms with E-state index in [0.29, 0.717) is 5.52 Å². The molecule has 3 rings (SSSR count). The third-order valence-electron chi connectivity index (χ3n) is 3.25. The Morgan fingerprint density at radius 3 is 2.58 bits per heavy atom. The molecule has 3 amide bonds. The van der Waals surface area contributed by atoms with Crippen LogP contribution in [0.4, 0.5) is 5.13 Å². The van der Waals surface area contributed by atoms with E-state index in [2.05, 4.69) is 33.2 Å². The fourth-order valence-corrected chi connectivity index (χ4v) is 3.29. The molecular weight excluding hydrogens is 352 g/mol. The van der Waals surface area contributed by atoms with Gasteiger partial charge in [-0.2, -0.15) is 0 Å². The van der Waals surface area contributed by atoms with E-state index in [9.17, 15) is 19.2 Å². The number of nitrogens with one attached hydrogen (secondary N) is 3. The maximum Gasteiger partial charge on any atom is 0.294 e. The minimum Gasteiger partial charge on any atom is -0.302 e.